The SMILES string of the molecule is CC[C@@H]1CCC[C@H]1NC(=O)N(C)CC[C@@H](C)O. The van der Waals surface area contributed by atoms with E-state index < -0.39 is 0 Å². The van der Waals surface area contributed by atoms with Crippen LogP contribution in [-0.4, -0.2) is 41.8 Å². The maximum absolute atomic E-state index is 11.9. The number of hydrogen-bond donors (Lipinski definition) is 2. The Morgan fingerprint density at radius 2 is 2.24 bits per heavy atom. The Morgan fingerprint density at radius 1 is 1.53 bits per heavy atom. The van der Waals surface area contributed by atoms with Crippen LogP contribution >= 0.6 is 0 Å². The second-order valence-electron chi connectivity index (χ2n) is 5.21. The lowest BCUT2D eigenvalue weighted by atomic mass is 10.0. The molecule has 3 atom stereocenters. The van der Waals surface area contributed by atoms with Gasteiger partial charge in [-0.1, -0.05) is 19.8 Å². The Hall–Kier alpha value is -0.770. The number of urea groups is 1. The van der Waals surface area contributed by atoms with E-state index in [1.807, 2.05) is 0 Å². The highest BCUT2D eigenvalue weighted by atomic mass is 16.3. The number of carbonyl (C=O) groups is 1. The summed E-state index contributed by atoms with van der Waals surface area (Å²) in [6.07, 6.45) is 4.99. The Bertz CT molecular complexity index is 244. The van der Waals surface area contributed by atoms with E-state index in [0.717, 1.165) is 12.8 Å². The molecule has 100 valence electrons. The second-order valence-corrected chi connectivity index (χ2v) is 5.21. The van der Waals surface area contributed by atoms with Gasteiger partial charge in [-0.2, -0.15) is 0 Å². The molecule has 0 aromatic heterocycles. The van der Waals surface area contributed by atoms with E-state index in [9.17, 15) is 9.90 Å². The van der Waals surface area contributed by atoms with Gasteiger partial charge in [0.05, 0.1) is 6.10 Å². The van der Waals surface area contributed by atoms with Gasteiger partial charge in [-0.25, -0.2) is 4.79 Å². The van der Waals surface area contributed by atoms with E-state index in [1.165, 1.54) is 12.8 Å². The second kappa shape index (κ2) is 6.84. The van der Waals surface area contributed by atoms with Crippen molar-refractivity contribution in [3.8, 4) is 0 Å². The van der Waals surface area contributed by atoms with Crippen LogP contribution in [0.2, 0.25) is 0 Å². The van der Waals surface area contributed by atoms with Gasteiger partial charge in [0.25, 0.3) is 0 Å². The molecule has 0 aromatic carbocycles. The van der Waals surface area contributed by atoms with Crippen LogP contribution in [0, 0.1) is 5.92 Å². The molecule has 0 aromatic rings. The molecular weight excluding hydrogens is 216 g/mol. The van der Waals surface area contributed by atoms with Crippen LogP contribution in [-0.2, 0) is 0 Å². The molecule has 1 aliphatic rings. The monoisotopic (exact) mass is 242 g/mol. The van der Waals surface area contributed by atoms with E-state index in [4.69, 9.17) is 0 Å². The first kappa shape index (κ1) is 14.3. The molecule has 0 spiro atoms. The largest absolute Gasteiger partial charge is 0.393 e. The topological polar surface area (TPSA) is 52.6 Å². The minimum Gasteiger partial charge on any atom is -0.393 e. The zero-order chi connectivity index (χ0) is 12.8. The smallest absolute Gasteiger partial charge is 0.317 e. The highest BCUT2D eigenvalue weighted by molar-refractivity contribution is 5.74. The average molecular weight is 242 g/mol. The van der Waals surface area contributed by atoms with Gasteiger partial charge in [0, 0.05) is 19.6 Å². The fourth-order valence-corrected chi connectivity index (χ4v) is 2.47. The van der Waals surface area contributed by atoms with Gasteiger partial charge in [-0.3, -0.25) is 0 Å². The van der Waals surface area contributed by atoms with Gasteiger partial charge in [0.15, 0.2) is 0 Å². The van der Waals surface area contributed by atoms with Gasteiger partial charge in [0.2, 0.25) is 0 Å². The Morgan fingerprint density at radius 3 is 2.82 bits per heavy atom. The molecule has 1 fully saturated rings. The molecule has 17 heavy (non-hydrogen) atoms. The summed E-state index contributed by atoms with van der Waals surface area (Å²) in [6, 6.07) is 0.345. The third-order valence-electron chi connectivity index (χ3n) is 3.72. The molecule has 2 N–H and O–H groups in total. The molecule has 0 bridgehead atoms. The Labute approximate surface area is 104 Å². The maximum Gasteiger partial charge on any atom is 0.317 e. The summed E-state index contributed by atoms with van der Waals surface area (Å²) < 4.78 is 0. The molecule has 0 aliphatic heterocycles. The number of nitrogens with zero attached hydrogens (tertiary/aromatic N) is 1. The summed E-state index contributed by atoms with van der Waals surface area (Å²) in [7, 11) is 1.79. The molecule has 2 amide bonds. The predicted octanol–water partition coefficient (Wildman–Crippen LogP) is 1.98. The minimum atomic E-state index is -0.347. The quantitative estimate of drug-likeness (QED) is 0.774. The zero-order valence-corrected chi connectivity index (χ0v) is 11.3. The number of amides is 2. The van der Waals surface area contributed by atoms with Crippen molar-refractivity contribution >= 4 is 6.03 Å². The van der Waals surface area contributed by atoms with E-state index in [1.54, 1.807) is 18.9 Å². The third-order valence-corrected chi connectivity index (χ3v) is 3.72. The van der Waals surface area contributed by atoms with Crippen LogP contribution in [0.15, 0.2) is 0 Å². The normalized spacial score (nSPS) is 25.6. The number of rotatable bonds is 5. The minimum absolute atomic E-state index is 0.00370. The van der Waals surface area contributed by atoms with Crippen molar-refractivity contribution in [1.82, 2.24) is 10.2 Å². The van der Waals surface area contributed by atoms with Crippen LogP contribution < -0.4 is 5.32 Å². The predicted molar refractivity (Wildman–Crippen MR) is 68.9 cm³/mol. The van der Waals surface area contributed by atoms with Crippen molar-refractivity contribution in [3.63, 3.8) is 0 Å². The molecule has 4 heteroatoms. The summed E-state index contributed by atoms with van der Waals surface area (Å²) in [5.41, 5.74) is 0. The van der Waals surface area contributed by atoms with Crippen molar-refractivity contribution in [2.24, 2.45) is 5.92 Å². The maximum atomic E-state index is 11.9. The summed E-state index contributed by atoms with van der Waals surface area (Å²) >= 11 is 0. The molecule has 0 radical (unpaired) electrons. The molecule has 0 unspecified atom stereocenters. The first-order chi connectivity index (χ1) is 8.04. The summed E-state index contributed by atoms with van der Waals surface area (Å²) in [6.45, 7) is 4.54. The summed E-state index contributed by atoms with van der Waals surface area (Å²) in [5, 5.41) is 12.3. The lowest BCUT2D eigenvalue weighted by molar-refractivity contribution is 0.161. The van der Waals surface area contributed by atoms with Crippen molar-refractivity contribution in [3.05, 3.63) is 0 Å². The fourth-order valence-electron chi connectivity index (χ4n) is 2.47. The van der Waals surface area contributed by atoms with Crippen LogP contribution in [0.1, 0.15) is 46.0 Å². The molecular formula is C13H26N2O2. The standard InChI is InChI=1S/C13H26N2O2/c1-4-11-6-5-7-12(11)14-13(17)15(3)9-8-10(2)16/h10-12,16H,4-9H2,1-3H3,(H,14,17)/t10-,11-,12-/m1/s1. The number of hydrogen-bond acceptors (Lipinski definition) is 2. The lowest BCUT2D eigenvalue weighted by Crippen LogP contribution is -2.45. The van der Waals surface area contributed by atoms with Crippen LogP contribution in [0.3, 0.4) is 0 Å². The van der Waals surface area contributed by atoms with Crippen LogP contribution in [0.5, 0.6) is 0 Å². The Balaban J connectivity index is 2.32. The van der Waals surface area contributed by atoms with Gasteiger partial charge in [-0.15, -0.1) is 0 Å². The van der Waals surface area contributed by atoms with Gasteiger partial charge in [0.1, 0.15) is 0 Å². The van der Waals surface area contributed by atoms with E-state index in [-0.39, 0.29) is 12.1 Å². The third kappa shape index (κ3) is 4.54. The lowest BCUT2D eigenvalue weighted by Gasteiger charge is -2.24. The molecule has 0 saturated heterocycles. The van der Waals surface area contributed by atoms with Crippen LogP contribution in [0.4, 0.5) is 4.79 Å². The number of aliphatic hydroxyl groups excluding tert-OH is 1. The highest BCUT2D eigenvalue weighted by Gasteiger charge is 2.27. The molecule has 1 aliphatic carbocycles. The van der Waals surface area contributed by atoms with Crippen molar-refractivity contribution in [2.75, 3.05) is 13.6 Å². The van der Waals surface area contributed by atoms with E-state index in [2.05, 4.69) is 12.2 Å². The highest BCUT2D eigenvalue weighted by Crippen LogP contribution is 2.28. The van der Waals surface area contributed by atoms with E-state index in [0.29, 0.717) is 24.9 Å². The molecule has 1 rings (SSSR count). The molecule has 1 saturated carbocycles. The van der Waals surface area contributed by atoms with Gasteiger partial charge >= 0.3 is 6.03 Å². The molecule has 0 heterocycles. The van der Waals surface area contributed by atoms with Gasteiger partial charge < -0.3 is 15.3 Å². The number of carbonyl (C=O) groups excluding carboxylic acids is 1. The van der Waals surface area contributed by atoms with Crippen molar-refractivity contribution in [1.29, 1.82) is 0 Å². The fraction of sp³-hybridized carbons (Fsp3) is 0.923. The van der Waals surface area contributed by atoms with Gasteiger partial charge in [-0.05, 0) is 32.1 Å². The number of aliphatic hydroxyl groups is 1. The van der Waals surface area contributed by atoms with Crippen molar-refractivity contribution < 1.29 is 9.90 Å². The van der Waals surface area contributed by atoms with E-state index >= 15 is 0 Å². The summed E-state index contributed by atoms with van der Waals surface area (Å²) in [5.74, 6) is 0.643. The van der Waals surface area contributed by atoms with Crippen molar-refractivity contribution in [2.45, 2.75) is 58.1 Å². The first-order valence-electron chi connectivity index (χ1n) is 6.74. The molecule has 4 nitrogen and oxygen atoms in total. The first-order valence-corrected chi connectivity index (χ1v) is 6.74. The Kier molecular flexibility index (Phi) is 5.75. The van der Waals surface area contributed by atoms with Crippen LogP contribution in [0.25, 0.3) is 0 Å². The average Bonchev–Trinajstić information content (AvgIpc) is 2.72. The summed E-state index contributed by atoms with van der Waals surface area (Å²) in [4.78, 5) is 13.6. The zero-order valence-electron chi connectivity index (χ0n) is 11.3. The number of nitrogens with one attached hydrogen (secondary N) is 1.